The van der Waals surface area contributed by atoms with Gasteiger partial charge in [-0.3, -0.25) is 5.41 Å². The van der Waals surface area contributed by atoms with Crippen molar-refractivity contribution in [2.24, 2.45) is 4.99 Å². The second-order valence-corrected chi connectivity index (χ2v) is 8.47. The third kappa shape index (κ3) is 6.93. The molecule has 34 heavy (non-hydrogen) atoms. The second-order valence-electron chi connectivity index (χ2n) is 8.47. The maximum absolute atomic E-state index is 13.4. The van der Waals surface area contributed by atoms with Crippen LogP contribution >= 0.6 is 0 Å². The molecule has 0 unspecified atom stereocenters. The number of aliphatic imine (C=N–C) groups is 1. The Labute approximate surface area is 199 Å². The van der Waals surface area contributed by atoms with E-state index in [-0.39, 0.29) is 18.1 Å². The van der Waals surface area contributed by atoms with E-state index in [1.54, 1.807) is 0 Å². The summed E-state index contributed by atoms with van der Waals surface area (Å²) in [5.41, 5.74) is 2.50. The third-order valence-electron chi connectivity index (χ3n) is 6.07. The number of aryl methyl sites for hydroxylation is 2. The first kappa shape index (κ1) is 25.5. The molecule has 1 heterocycles. The van der Waals surface area contributed by atoms with Crippen molar-refractivity contribution in [3.05, 3.63) is 71.8 Å². The zero-order chi connectivity index (χ0) is 24.7. The van der Waals surface area contributed by atoms with E-state index < -0.39 is 11.7 Å². The Morgan fingerprint density at radius 2 is 1.65 bits per heavy atom. The summed E-state index contributed by atoms with van der Waals surface area (Å²) in [5, 5.41) is 11.0. The monoisotopic (exact) mass is 471 g/mol. The molecular formula is C26H32F3N5. The number of allylic oxidation sites excluding steroid dienone is 1. The minimum Gasteiger partial charge on any atom is -0.369 e. The summed E-state index contributed by atoms with van der Waals surface area (Å²) >= 11 is 0. The number of guanidine groups is 1. The van der Waals surface area contributed by atoms with Gasteiger partial charge in [0.05, 0.1) is 11.3 Å². The fraction of sp³-hybridized carbons (Fsp3) is 0.385. The van der Waals surface area contributed by atoms with Gasteiger partial charge in [-0.15, -0.1) is 0 Å². The Hall–Kier alpha value is -3.13. The van der Waals surface area contributed by atoms with Gasteiger partial charge in [0.25, 0.3) is 0 Å². The molecule has 1 aliphatic rings. The number of likely N-dealkylation sites (N-methyl/N-ethyl adjacent to an activating group) is 1. The number of hydrogen-bond donors (Lipinski definition) is 2. The summed E-state index contributed by atoms with van der Waals surface area (Å²) in [7, 11) is 2.10. The summed E-state index contributed by atoms with van der Waals surface area (Å²) in [6, 6.07) is 15.2. The molecule has 2 aromatic carbocycles. The molecule has 3 rings (SSSR count). The van der Waals surface area contributed by atoms with Gasteiger partial charge in [0.2, 0.25) is 5.96 Å². The molecule has 1 saturated heterocycles. The highest BCUT2D eigenvalue weighted by molar-refractivity contribution is 6.09. The van der Waals surface area contributed by atoms with E-state index in [2.05, 4.69) is 33.7 Å². The Morgan fingerprint density at radius 1 is 1.03 bits per heavy atom. The Morgan fingerprint density at radius 3 is 2.24 bits per heavy atom. The molecule has 0 spiro atoms. The zero-order valence-electron chi connectivity index (χ0n) is 19.8. The SMILES string of the molecule is C=C(/C(CCc1ccccc1CC)=N\C(=N)Nc1ccc(N2CCN(C)CC2)cc1)C(F)(F)F. The zero-order valence-corrected chi connectivity index (χ0v) is 19.8. The molecule has 0 amide bonds. The van der Waals surface area contributed by atoms with Crippen molar-refractivity contribution in [3.8, 4) is 0 Å². The molecule has 2 N–H and O–H groups in total. The fourth-order valence-electron chi connectivity index (χ4n) is 3.96. The van der Waals surface area contributed by atoms with Gasteiger partial charge in [-0.25, -0.2) is 4.99 Å². The Balaban J connectivity index is 1.70. The number of piperazine rings is 1. The number of nitrogens with one attached hydrogen (secondary N) is 2. The second kappa shape index (κ2) is 11.3. The normalized spacial score (nSPS) is 15.3. The largest absolute Gasteiger partial charge is 0.417 e. The smallest absolute Gasteiger partial charge is 0.369 e. The Kier molecular flexibility index (Phi) is 8.50. The van der Waals surface area contributed by atoms with Crippen molar-refractivity contribution in [1.82, 2.24) is 4.90 Å². The van der Waals surface area contributed by atoms with Crippen molar-refractivity contribution in [3.63, 3.8) is 0 Å². The van der Waals surface area contributed by atoms with E-state index >= 15 is 0 Å². The molecule has 8 heteroatoms. The lowest BCUT2D eigenvalue weighted by Crippen LogP contribution is -2.44. The van der Waals surface area contributed by atoms with Gasteiger partial charge >= 0.3 is 6.18 Å². The topological polar surface area (TPSA) is 54.7 Å². The molecule has 0 aliphatic carbocycles. The maximum atomic E-state index is 13.4. The number of alkyl halides is 3. The fourth-order valence-corrected chi connectivity index (χ4v) is 3.96. The molecule has 0 atom stereocenters. The van der Waals surface area contributed by atoms with Crippen molar-refractivity contribution in [2.45, 2.75) is 32.4 Å². The molecule has 0 bridgehead atoms. The predicted molar refractivity (Wildman–Crippen MR) is 134 cm³/mol. The van der Waals surface area contributed by atoms with Crippen molar-refractivity contribution in [1.29, 1.82) is 5.41 Å². The van der Waals surface area contributed by atoms with Gasteiger partial charge < -0.3 is 15.1 Å². The number of nitrogens with zero attached hydrogens (tertiary/aromatic N) is 3. The summed E-state index contributed by atoms with van der Waals surface area (Å²) < 4.78 is 40.2. The highest BCUT2D eigenvalue weighted by atomic mass is 19.4. The highest BCUT2D eigenvalue weighted by Gasteiger charge is 2.35. The number of halogens is 3. The van der Waals surface area contributed by atoms with Crippen LogP contribution in [0.5, 0.6) is 0 Å². The van der Waals surface area contributed by atoms with Crippen LogP contribution in [0.2, 0.25) is 0 Å². The summed E-state index contributed by atoms with van der Waals surface area (Å²) in [5.74, 6) is -0.350. The maximum Gasteiger partial charge on any atom is 0.417 e. The van der Waals surface area contributed by atoms with Crippen molar-refractivity contribution < 1.29 is 13.2 Å². The van der Waals surface area contributed by atoms with Gasteiger partial charge in [0, 0.05) is 37.6 Å². The van der Waals surface area contributed by atoms with E-state index in [0.29, 0.717) is 12.1 Å². The van der Waals surface area contributed by atoms with Crippen LogP contribution in [0.15, 0.2) is 65.7 Å². The lowest BCUT2D eigenvalue weighted by atomic mass is 9.97. The van der Waals surface area contributed by atoms with Gasteiger partial charge in [-0.1, -0.05) is 37.8 Å². The van der Waals surface area contributed by atoms with Crippen LogP contribution in [0.25, 0.3) is 0 Å². The van der Waals surface area contributed by atoms with Crippen LogP contribution in [-0.2, 0) is 12.8 Å². The van der Waals surface area contributed by atoms with Gasteiger partial charge in [0.15, 0.2) is 0 Å². The molecule has 2 aromatic rings. The Bertz CT molecular complexity index is 1020. The van der Waals surface area contributed by atoms with E-state index in [4.69, 9.17) is 5.41 Å². The number of anilines is 2. The molecule has 0 radical (unpaired) electrons. The van der Waals surface area contributed by atoms with Crippen LogP contribution in [-0.4, -0.2) is 56.0 Å². The van der Waals surface area contributed by atoms with E-state index in [1.807, 2.05) is 55.5 Å². The average molecular weight is 472 g/mol. The van der Waals surface area contributed by atoms with E-state index in [9.17, 15) is 13.2 Å². The van der Waals surface area contributed by atoms with Gasteiger partial charge in [-0.05, 0) is 61.7 Å². The number of hydrogen-bond acceptors (Lipinski definition) is 3. The van der Waals surface area contributed by atoms with Crippen molar-refractivity contribution >= 4 is 23.0 Å². The minimum atomic E-state index is -4.60. The first-order valence-corrected chi connectivity index (χ1v) is 11.5. The lowest BCUT2D eigenvalue weighted by Gasteiger charge is -2.34. The van der Waals surface area contributed by atoms with Crippen LogP contribution in [0.1, 0.15) is 24.5 Å². The van der Waals surface area contributed by atoms with Crippen LogP contribution < -0.4 is 10.2 Å². The average Bonchev–Trinajstić information content (AvgIpc) is 2.82. The number of rotatable bonds is 7. The molecule has 0 aromatic heterocycles. The van der Waals surface area contributed by atoms with Crippen LogP contribution in [0.3, 0.4) is 0 Å². The molecule has 0 saturated carbocycles. The summed E-state index contributed by atoms with van der Waals surface area (Å²) in [4.78, 5) is 8.54. The van der Waals surface area contributed by atoms with E-state index in [1.165, 1.54) is 0 Å². The first-order valence-electron chi connectivity index (χ1n) is 11.5. The standard InChI is InChI=1S/C26H32F3N5/c1-4-20-7-5-6-8-21(20)9-14-24(19(2)26(27,28)29)32-25(30)31-22-10-12-23(13-11-22)34-17-15-33(3)16-18-34/h5-8,10-13H,2,4,9,14-18H2,1,3H3,(H2,30,31)/b32-24-. The van der Waals surface area contributed by atoms with Crippen LogP contribution in [0.4, 0.5) is 24.5 Å². The highest BCUT2D eigenvalue weighted by Crippen LogP contribution is 2.27. The van der Waals surface area contributed by atoms with Gasteiger partial charge in [0.1, 0.15) is 0 Å². The van der Waals surface area contributed by atoms with Gasteiger partial charge in [-0.2, -0.15) is 13.2 Å². The van der Waals surface area contributed by atoms with Crippen molar-refractivity contribution in [2.75, 3.05) is 43.4 Å². The number of benzene rings is 2. The molecule has 1 fully saturated rings. The molecule has 182 valence electrons. The molecule has 5 nitrogen and oxygen atoms in total. The lowest BCUT2D eigenvalue weighted by molar-refractivity contribution is -0.0858. The van der Waals surface area contributed by atoms with E-state index in [0.717, 1.165) is 49.4 Å². The first-order chi connectivity index (χ1) is 16.2. The summed E-state index contributed by atoms with van der Waals surface area (Å²) in [6.45, 7) is 9.10. The summed E-state index contributed by atoms with van der Waals surface area (Å²) in [6.07, 6.45) is -3.37. The van der Waals surface area contributed by atoms with Crippen LogP contribution in [0, 0.1) is 5.41 Å². The quantitative estimate of drug-likeness (QED) is 0.412. The molecular weight excluding hydrogens is 439 g/mol. The molecule has 1 aliphatic heterocycles. The third-order valence-corrected chi connectivity index (χ3v) is 6.07. The minimum absolute atomic E-state index is 0.0434. The predicted octanol–water partition coefficient (Wildman–Crippen LogP) is 5.54.